The number of nitrogens with one attached hydrogen (secondary N) is 3. The number of benzene rings is 4. The van der Waals surface area contributed by atoms with Gasteiger partial charge in [-0.25, -0.2) is 14.9 Å². The Labute approximate surface area is 277 Å². The largest absolute Gasteiger partial charge is 0.514 e. The zero-order valence-electron chi connectivity index (χ0n) is 26.0. The summed E-state index contributed by atoms with van der Waals surface area (Å²) in [5.74, 6) is -1.41. The van der Waals surface area contributed by atoms with Crippen molar-refractivity contribution in [3.63, 3.8) is 0 Å². The molecule has 0 aliphatic carbocycles. The standard InChI is InChI=1S/C35H36N6O7/c36-34(40-41(45)46)37-22-10-17-30(39-33(43)31(27-11-4-1-5-12-27)28-13-6-2-7-14-28)32(42)38-23-25-18-20-26(21-19-25)24-47-35(44)48-29-15-8-3-9-16-29/h1-9,11-16,18-21,30-31H,10,17,22-24H2,(H,38,42)(H,39,43)(H3,36,37,40)/t30-/m1/s1. The van der Waals surface area contributed by atoms with Crippen molar-refractivity contribution in [3.8, 4) is 5.75 Å². The minimum absolute atomic E-state index is 0.00132. The van der Waals surface area contributed by atoms with E-state index in [4.69, 9.17) is 15.2 Å². The fraction of sp³-hybridized carbons (Fsp3) is 0.200. The number of amides is 2. The van der Waals surface area contributed by atoms with Crippen LogP contribution in [0.3, 0.4) is 0 Å². The summed E-state index contributed by atoms with van der Waals surface area (Å²) in [5, 5.41) is 21.1. The van der Waals surface area contributed by atoms with Gasteiger partial charge in [0.25, 0.3) is 5.96 Å². The van der Waals surface area contributed by atoms with E-state index in [-0.39, 0.29) is 38.0 Å². The maximum atomic E-state index is 13.8. The molecule has 1 atom stereocenters. The molecule has 4 rings (SSSR count). The number of hydrazone groups is 1. The monoisotopic (exact) mass is 652 g/mol. The van der Waals surface area contributed by atoms with E-state index in [0.29, 0.717) is 12.2 Å². The van der Waals surface area contributed by atoms with Crippen molar-refractivity contribution < 1.29 is 28.9 Å². The van der Waals surface area contributed by atoms with E-state index in [2.05, 4.69) is 21.1 Å². The van der Waals surface area contributed by atoms with Gasteiger partial charge < -0.3 is 31.2 Å². The zero-order valence-corrected chi connectivity index (χ0v) is 26.0. The maximum absolute atomic E-state index is 13.8. The van der Waals surface area contributed by atoms with Gasteiger partial charge in [-0.1, -0.05) is 103 Å². The van der Waals surface area contributed by atoms with Gasteiger partial charge in [-0.2, -0.15) is 0 Å². The molecule has 0 spiro atoms. The summed E-state index contributed by atoms with van der Waals surface area (Å²) < 4.78 is 10.3. The van der Waals surface area contributed by atoms with Crippen molar-refractivity contribution in [2.45, 2.75) is 38.0 Å². The molecule has 0 radical (unpaired) electrons. The highest BCUT2D eigenvalue weighted by Crippen LogP contribution is 2.25. The molecule has 13 nitrogen and oxygen atoms in total. The molecule has 0 bridgehead atoms. The van der Waals surface area contributed by atoms with Gasteiger partial charge in [-0.05, 0) is 47.2 Å². The highest BCUT2D eigenvalue weighted by Gasteiger charge is 2.27. The molecule has 0 saturated heterocycles. The lowest BCUT2D eigenvalue weighted by atomic mass is 9.90. The molecule has 13 heteroatoms. The van der Waals surface area contributed by atoms with Crippen molar-refractivity contribution in [3.05, 3.63) is 148 Å². The Morgan fingerprint density at radius 1 is 0.771 bits per heavy atom. The fourth-order valence-corrected chi connectivity index (χ4v) is 4.78. The summed E-state index contributed by atoms with van der Waals surface area (Å²) in [4.78, 5) is 49.8. The molecular formula is C35H36N6O7. The van der Waals surface area contributed by atoms with E-state index in [1.165, 1.54) is 0 Å². The number of nitro groups is 1. The number of hydrogen-bond acceptors (Lipinski definition) is 7. The summed E-state index contributed by atoms with van der Waals surface area (Å²) in [6.45, 7) is 0.358. The fourth-order valence-electron chi connectivity index (χ4n) is 4.78. The minimum atomic E-state index is -0.925. The number of guanidine groups is 1. The molecule has 0 heterocycles. The molecule has 48 heavy (non-hydrogen) atoms. The van der Waals surface area contributed by atoms with Crippen molar-refractivity contribution in [1.82, 2.24) is 16.0 Å². The molecule has 0 unspecified atom stereocenters. The van der Waals surface area contributed by atoms with Gasteiger partial charge in [0, 0.05) is 13.1 Å². The second-order valence-corrected chi connectivity index (χ2v) is 10.6. The molecule has 0 saturated carbocycles. The van der Waals surface area contributed by atoms with Crippen LogP contribution < -0.4 is 26.4 Å². The molecule has 4 aromatic carbocycles. The van der Waals surface area contributed by atoms with Gasteiger partial charge in [0.05, 0.1) is 5.92 Å². The van der Waals surface area contributed by atoms with E-state index in [0.717, 1.165) is 22.3 Å². The maximum Gasteiger partial charge on any atom is 0.514 e. The number of ether oxygens (including phenoxy) is 2. The lowest BCUT2D eigenvalue weighted by molar-refractivity contribution is -0.485. The SMILES string of the molecule is NC(=N[N+](=O)[O-])NCCC[C@@H](NC(=O)C(c1ccccc1)c1ccccc1)C(=O)NCc1ccc(COC(=O)Oc2ccccc2)cc1. The second-order valence-electron chi connectivity index (χ2n) is 10.6. The van der Waals surface area contributed by atoms with Crippen molar-refractivity contribution in [2.75, 3.05) is 6.54 Å². The van der Waals surface area contributed by atoms with Crippen LogP contribution in [0.25, 0.3) is 0 Å². The average Bonchev–Trinajstić information content (AvgIpc) is 3.09. The van der Waals surface area contributed by atoms with Crippen LogP contribution in [-0.4, -0.2) is 41.5 Å². The van der Waals surface area contributed by atoms with Gasteiger partial charge >= 0.3 is 6.16 Å². The number of nitrogens with two attached hydrogens (primary N) is 1. The number of rotatable bonds is 15. The van der Waals surface area contributed by atoms with E-state index < -0.39 is 29.1 Å². The van der Waals surface area contributed by atoms with E-state index >= 15 is 0 Å². The van der Waals surface area contributed by atoms with E-state index in [1.807, 2.05) is 60.7 Å². The Balaban J connectivity index is 1.38. The first kappa shape index (κ1) is 34.6. The molecule has 4 aromatic rings. The Hall–Kier alpha value is -6.24. The Bertz CT molecular complexity index is 1630. The molecule has 0 aliphatic rings. The number of carbonyl (C=O) groups excluding carboxylic acids is 3. The smallest absolute Gasteiger partial charge is 0.429 e. The normalized spacial score (nSPS) is 11.6. The average molecular weight is 653 g/mol. The van der Waals surface area contributed by atoms with Crippen LogP contribution in [0.1, 0.15) is 41.0 Å². The zero-order chi connectivity index (χ0) is 34.1. The van der Waals surface area contributed by atoms with Gasteiger partial charge in [-0.15, -0.1) is 0 Å². The van der Waals surface area contributed by atoms with Crippen LogP contribution in [0.4, 0.5) is 4.79 Å². The number of carbonyl (C=O) groups is 3. The van der Waals surface area contributed by atoms with Crippen LogP contribution in [0.15, 0.2) is 120 Å². The minimum Gasteiger partial charge on any atom is -0.429 e. The Kier molecular flexibility index (Phi) is 13.0. The van der Waals surface area contributed by atoms with E-state index in [1.54, 1.807) is 54.6 Å². The summed E-state index contributed by atoms with van der Waals surface area (Å²) >= 11 is 0. The predicted molar refractivity (Wildman–Crippen MR) is 178 cm³/mol. The third kappa shape index (κ3) is 11.3. The highest BCUT2D eigenvalue weighted by molar-refractivity contribution is 5.92. The summed E-state index contributed by atoms with van der Waals surface area (Å²) in [7, 11) is 0. The highest BCUT2D eigenvalue weighted by atomic mass is 16.7. The lowest BCUT2D eigenvalue weighted by Gasteiger charge is -2.23. The number of para-hydroxylation sites is 1. The first-order chi connectivity index (χ1) is 23.3. The van der Waals surface area contributed by atoms with Gasteiger partial charge in [0.15, 0.2) is 5.03 Å². The van der Waals surface area contributed by atoms with E-state index in [9.17, 15) is 24.5 Å². The van der Waals surface area contributed by atoms with Crippen LogP contribution in [0.5, 0.6) is 5.75 Å². The quantitative estimate of drug-likeness (QED) is 0.0277. The van der Waals surface area contributed by atoms with Crippen molar-refractivity contribution >= 4 is 23.9 Å². The summed E-state index contributed by atoms with van der Waals surface area (Å²) in [5.41, 5.74) is 8.54. The van der Waals surface area contributed by atoms with Crippen molar-refractivity contribution in [2.24, 2.45) is 10.8 Å². The Morgan fingerprint density at radius 3 is 1.92 bits per heavy atom. The number of hydrogen-bond donors (Lipinski definition) is 4. The summed E-state index contributed by atoms with van der Waals surface area (Å²) in [6.07, 6.45) is -0.271. The first-order valence-corrected chi connectivity index (χ1v) is 15.2. The van der Waals surface area contributed by atoms with Crippen LogP contribution in [0, 0.1) is 10.1 Å². The third-order valence-corrected chi connectivity index (χ3v) is 7.12. The second kappa shape index (κ2) is 18.0. The number of nitrogens with zero attached hydrogens (tertiary/aromatic N) is 2. The van der Waals surface area contributed by atoms with Crippen LogP contribution in [-0.2, 0) is 27.5 Å². The van der Waals surface area contributed by atoms with Crippen molar-refractivity contribution in [1.29, 1.82) is 0 Å². The van der Waals surface area contributed by atoms with Crippen LogP contribution >= 0.6 is 0 Å². The molecular weight excluding hydrogens is 616 g/mol. The van der Waals surface area contributed by atoms with Crippen LogP contribution in [0.2, 0.25) is 0 Å². The predicted octanol–water partition coefficient (Wildman–Crippen LogP) is 4.21. The molecule has 0 fully saturated rings. The topological polar surface area (TPSA) is 187 Å². The van der Waals surface area contributed by atoms with Gasteiger partial charge in [-0.3, -0.25) is 9.59 Å². The first-order valence-electron chi connectivity index (χ1n) is 15.2. The van der Waals surface area contributed by atoms with Gasteiger partial charge in [0.2, 0.25) is 11.8 Å². The lowest BCUT2D eigenvalue weighted by Crippen LogP contribution is -2.48. The molecule has 248 valence electrons. The summed E-state index contributed by atoms with van der Waals surface area (Å²) in [6, 6.07) is 33.3. The molecule has 5 N–H and O–H groups in total. The Morgan fingerprint density at radius 2 is 1.33 bits per heavy atom. The van der Waals surface area contributed by atoms with Gasteiger partial charge in [0.1, 0.15) is 23.5 Å². The molecule has 2 amide bonds. The molecule has 0 aliphatic heterocycles. The molecule has 0 aromatic heterocycles. The third-order valence-electron chi connectivity index (χ3n) is 7.12.